The Labute approximate surface area is 71.5 Å². The summed E-state index contributed by atoms with van der Waals surface area (Å²) in [6, 6.07) is 0. The highest BCUT2D eigenvalue weighted by atomic mass is 16.7. The van der Waals surface area contributed by atoms with Crippen LogP contribution in [0.25, 0.3) is 0 Å². The lowest BCUT2D eigenvalue weighted by Crippen LogP contribution is -2.24. The van der Waals surface area contributed by atoms with Crippen molar-refractivity contribution in [1.29, 1.82) is 0 Å². The summed E-state index contributed by atoms with van der Waals surface area (Å²) in [7, 11) is 3.04. The Balaban J connectivity index is 2.44. The first-order valence-corrected chi connectivity index (χ1v) is 3.93. The molecule has 0 radical (unpaired) electrons. The Bertz CT molecular complexity index is 170. The molecule has 4 nitrogen and oxygen atoms in total. The zero-order valence-electron chi connectivity index (χ0n) is 7.37. The minimum Gasteiger partial charge on any atom is -0.481 e. The number of aliphatic carboxylic acids is 1. The molecule has 0 amide bonds. The van der Waals surface area contributed by atoms with Crippen molar-refractivity contribution in [2.75, 3.05) is 14.2 Å². The molecule has 0 spiro atoms. The molecule has 1 aliphatic rings. The molecule has 4 heteroatoms. The van der Waals surface area contributed by atoms with E-state index in [0.717, 1.165) is 12.8 Å². The minimum atomic E-state index is -0.735. The van der Waals surface area contributed by atoms with E-state index in [0.29, 0.717) is 6.42 Å². The third kappa shape index (κ3) is 1.76. The lowest BCUT2D eigenvalue weighted by Gasteiger charge is -2.17. The highest BCUT2D eigenvalue weighted by Crippen LogP contribution is 2.50. The second kappa shape index (κ2) is 3.41. The molecule has 1 N–H and O–H groups in total. The Kier molecular flexibility index (Phi) is 2.69. The Morgan fingerprint density at radius 2 is 2.00 bits per heavy atom. The summed E-state index contributed by atoms with van der Waals surface area (Å²) >= 11 is 0. The van der Waals surface area contributed by atoms with E-state index in [9.17, 15) is 4.79 Å². The summed E-state index contributed by atoms with van der Waals surface area (Å²) in [6.07, 6.45) is 1.55. The standard InChI is InChI=1S/C8H14O4/c1-11-6(12-2)5-8(3-4-8)7(9)10/h6H,3-5H2,1-2H3,(H,9,10). The summed E-state index contributed by atoms with van der Waals surface area (Å²) in [6.45, 7) is 0. The van der Waals surface area contributed by atoms with Gasteiger partial charge in [0.2, 0.25) is 0 Å². The molecule has 0 aromatic heterocycles. The second-order valence-electron chi connectivity index (χ2n) is 3.19. The first-order valence-electron chi connectivity index (χ1n) is 3.93. The Morgan fingerprint density at radius 3 is 2.25 bits per heavy atom. The molecule has 0 heterocycles. The van der Waals surface area contributed by atoms with E-state index in [4.69, 9.17) is 14.6 Å². The van der Waals surface area contributed by atoms with Crippen LogP contribution in [-0.4, -0.2) is 31.6 Å². The summed E-state index contributed by atoms with van der Waals surface area (Å²) in [5.41, 5.74) is -0.559. The van der Waals surface area contributed by atoms with Gasteiger partial charge >= 0.3 is 5.97 Å². The van der Waals surface area contributed by atoms with E-state index >= 15 is 0 Å². The number of hydrogen-bond donors (Lipinski definition) is 1. The Hall–Kier alpha value is -0.610. The maximum atomic E-state index is 10.7. The molecule has 1 aliphatic carbocycles. The zero-order valence-corrected chi connectivity index (χ0v) is 7.37. The zero-order chi connectivity index (χ0) is 9.19. The van der Waals surface area contributed by atoms with Crippen LogP contribution in [0.1, 0.15) is 19.3 Å². The summed E-state index contributed by atoms with van der Waals surface area (Å²) in [4.78, 5) is 10.7. The van der Waals surface area contributed by atoms with E-state index in [1.54, 1.807) is 0 Å². The molecular weight excluding hydrogens is 160 g/mol. The normalized spacial score (nSPS) is 19.6. The number of carbonyl (C=O) groups is 1. The molecular formula is C8H14O4. The number of methoxy groups -OCH3 is 2. The van der Waals surface area contributed by atoms with Crippen LogP contribution in [0.5, 0.6) is 0 Å². The SMILES string of the molecule is COC(CC1(C(=O)O)CC1)OC. The quantitative estimate of drug-likeness (QED) is 0.628. The molecule has 70 valence electrons. The predicted molar refractivity (Wildman–Crippen MR) is 41.7 cm³/mol. The maximum Gasteiger partial charge on any atom is 0.309 e. The molecule has 0 unspecified atom stereocenters. The van der Waals surface area contributed by atoms with Gasteiger partial charge in [-0.1, -0.05) is 0 Å². The van der Waals surface area contributed by atoms with Crippen LogP contribution in [0.15, 0.2) is 0 Å². The average Bonchev–Trinajstić information content (AvgIpc) is 2.81. The fourth-order valence-electron chi connectivity index (χ4n) is 1.24. The van der Waals surface area contributed by atoms with Crippen LogP contribution in [-0.2, 0) is 14.3 Å². The fourth-order valence-corrected chi connectivity index (χ4v) is 1.24. The van der Waals surface area contributed by atoms with Crippen molar-refractivity contribution in [3.8, 4) is 0 Å². The van der Waals surface area contributed by atoms with Gasteiger partial charge in [0, 0.05) is 20.6 Å². The van der Waals surface area contributed by atoms with Gasteiger partial charge in [-0.3, -0.25) is 4.79 Å². The van der Waals surface area contributed by atoms with Crippen molar-refractivity contribution < 1.29 is 19.4 Å². The molecule has 1 fully saturated rings. The van der Waals surface area contributed by atoms with Crippen LogP contribution in [0.2, 0.25) is 0 Å². The van der Waals surface area contributed by atoms with Crippen molar-refractivity contribution in [2.45, 2.75) is 25.6 Å². The number of rotatable bonds is 5. The highest BCUT2D eigenvalue weighted by molar-refractivity contribution is 5.77. The number of hydrogen-bond acceptors (Lipinski definition) is 3. The van der Waals surface area contributed by atoms with Crippen molar-refractivity contribution in [3.63, 3.8) is 0 Å². The van der Waals surface area contributed by atoms with Gasteiger partial charge in [-0.25, -0.2) is 0 Å². The van der Waals surface area contributed by atoms with Gasteiger partial charge in [0.05, 0.1) is 5.41 Å². The average molecular weight is 174 g/mol. The first kappa shape index (κ1) is 9.48. The predicted octanol–water partition coefficient (Wildman–Crippen LogP) is 0.860. The van der Waals surface area contributed by atoms with Gasteiger partial charge in [-0.15, -0.1) is 0 Å². The first-order chi connectivity index (χ1) is 5.64. The number of carboxylic acid groups (broad SMARTS) is 1. The second-order valence-corrected chi connectivity index (χ2v) is 3.19. The van der Waals surface area contributed by atoms with Crippen LogP contribution in [0.3, 0.4) is 0 Å². The highest BCUT2D eigenvalue weighted by Gasteiger charge is 2.51. The molecule has 0 bridgehead atoms. The van der Waals surface area contributed by atoms with Crippen LogP contribution in [0, 0.1) is 5.41 Å². The van der Waals surface area contributed by atoms with E-state index < -0.39 is 11.4 Å². The minimum absolute atomic E-state index is 0.386. The van der Waals surface area contributed by atoms with Gasteiger partial charge in [0.15, 0.2) is 6.29 Å². The lowest BCUT2D eigenvalue weighted by molar-refractivity contribution is -0.153. The van der Waals surface area contributed by atoms with E-state index in [1.807, 2.05) is 0 Å². The molecule has 0 atom stereocenters. The number of ether oxygens (including phenoxy) is 2. The van der Waals surface area contributed by atoms with Gasteiger partial charge < -0.3 is 14.6 Å². The van der Waals surface area contributed by atoms with Crippen LogP contribution in [0.4, 0.5) is 0 Å². The molecule has 1 saturated carbocycles. The summed E-state index contributed by atoms with van der Waals surface area (Å²) in [5.74, 6) is -0.735. The van der Waals surface area contributed by atoms with Crippen molar-refractivity contribution in [1.82, 2.24) is 0 Å². The third-order valence-corrected chi connectivity index (χ3v) is 2.39. The lowest BCUT2D eigenvalue weighted by atomic mass is 10.0. The van der Waals surface area contributed by atoms with Crippen LogP contribution < -0.4 is 0 Å². The third-order valence-electron chi connectivity index (χ3n) is 2.39. The topological polar surface area (TPSA) is 55.8 Å². The Morgan fingerprint density at radius 1 is 1.50 bits per heavy atom. The van der Waals surface area contributed by atoms with Crippen molar-refractivity contribution in [3.05, 3.63) is 0 Å². The molecule has 12 heavy (non-hydrogen) atoms. The van der Waals surface area contributed by atoms with Crippen molar-refractivity contribution in [2.24, 2.45) is 5.41 Å². The molecule has 0 aromatic carbocycles. The van der Waals surface area contributed by atoms with E-state index in [-0.39, 0.29) is 6.29 Å². The largest absolute Gasteiger partial charge is 0.481 e. The van der Waals surface area contributed by atoms with E-state index in [2.05, 4.69) is 0 Å². The van der Waals surface area contributed by atoms with Crippen LogP contribution >= 0.6 is 0 Å². The summed E-state index contributed by atoms with van der Waals surface area (Å²) < 4.78 is 9.88. The summed E-state index contributed by atoms with van der Waals surface area (Å²) in [5, 5.41) is 8.83. The van der Waals surface area contributed by atoms with Gasteiger partial charge in [-0.05, 0) is 12.8 Å². The smallest absolute Gasteiger partial charge is 0.309 e. The van der Waals surface area contributed by atoms with Gasteiger partial charge in [0.1, 0.15) is 0 Å². The fraction of sp³-hybridized carbons (Fsp3) is 0.875. The van der Waals surface area contributed by atoms with E-state index in [1.165, 1.54) is 14.2 Å². The monoisotopic (exact) mass is 174 g/mol. The maximum absolute atomic E-state index is 10.7. The van der Waals surface area contributed by atoms with Crippen molar-refractivity contribution >= 4 is 5.97 Å². The molecule has 0 aromatic rings. The molecule has 0 saturated heterocycles. The molecule has 1 rings (SSSR count). The van der Waals surface area contributed by atoms with Gasteiger partial charge in [0.25, 0.3) is 0 Å². The molecule has 0 aliphatic heterocycles. The number of carboxylic acids is 1. The van der Waals surface area contributed by atoms with Gasteiger partial charge in [-0.2, -0.15) is 0 Å².